The Morgan fingerprint density at radius 2 is 2.00 bits per heavy atom. The average molecular weight is 316 g/mol. The zero-order valence-electron chi connectivity index (χ0n) is 12.6. The number of aromatic nitrogens is 1. The van der Waals surface area contributed by atoms with Gasteiger partial charge in [0.25, 0.3) is 5.91 Å². The zero-order valence-corrected chi connectivity index (χ0v) is 12.6. The fourth-order valence-corrected chi connectivity index (χ4v) is 3.14. The number of nitrogens with zero attached hydrogens (tertiary/aromatic N) is 2. The first-order valence-corrected chi connectivity index (χ1v) is 7.36. The number of amides is 1. The molecule has 2 heterocycles. The van der Waals surface area contributed by atoms with Crippen LogP contribution in [0.15, 0.2) is 42.6 Å². The van der Waals surface area contributed by atoms with Crippen LogP contribution in [-0.2, 0) is 11.8 Å². The standard InChI is InChI=1S/C17H17FN2O3/c1-19-7-3-6-15(19)16(21)20-9-13(14(10-20)17(22)23)11-4-2-5-12(18)8-11/h2-8,13-14H,9-10H2,1H3,(H,22,23)/t13-,14+/m0/s1. The molecule has 1 aromatic carbocycles. The quantitative estimate of drug-likeness (QED) is 0.943. The van der Waals surface area contributed by atoms with Crippen molar-refractivity contribution >= 4 is 11.9 Å². The normalized spacial score (nSPS) is 20.7. The Labute approximate surface area is 132 Å². The SMILES string of the molecule is Cn1cccc1C(=O)N1C[C@@H](C(=O)O)[C@H](c2cccc(F)c2)C1. The Hall–Kier alpha value is -2.63. The summed E-state index contributed by atoms with van der Waals surface area (Å²) < 4.78 is 15.2. The van der Waals surface area contributed by atoms with Crippen LogP contribution >= 0.6 is 0 Å². The Morgan fingerprint density at radius 1 is 1.22 bits per heavy atom. The van der Waals surface area contributed by atoms with E-state index in [4.69, 9.17) is 0 Å². The topological polar surface area (TPSA) is 62.5 Å². The number of halogens is 1. The fraction of sp³-hybridized carbons (Fsp3) is 0.294. The lowest BCUT2D eigenvalue weighted by Crippen LogP contribution is -2.31. The number of carboxylic acids is 1. The maximum Gasteiger partial charge on any atom is 0.308 e. The van der Waals surface area contributed by atoms with Crippen LogP contribution < -0.4 is 0 Å². The zero-order chi connectivity index (χ0) is 16.6. The molecule has 2 aromatic rings. The summed E-state index contributed by atoms with van der Waals surface area (Å²) in [5, 5.41) is 9.46. The predicted octanol–water partition coefficient (Wildman–Crippen LogP) is 2.10. The van der Waals surface area contributed by atoms with Crippen molar-refractivity contribution in [3.63, 3.8) is 0 Å². The number of carbonyl (C=O) groups excluding carboxylic acids is 1. The maximum atomic E-state index is 13.4. The van der Waals surface area contributed by atoms with Crippen LogP contribution in [0.5, 0.6) is 0 Å². The van der Waals surface area contributed by atoms with E-state index in [1.54, 1.807) is 42.1 Å². The van der Waals surface area contributed by atoms with E-state index in [-0.39, 0.29) is 19.0 Å². The van der Waals surface area contributed by atoms with Crippen LogP contribution in [0.1, 0.15) is 22.0 Å². The highest BCUT2D eigenvalue weighted by atomic mass is 19.1. The van der Waals surface area contributed by atoms with Gasteiger partial charge in [-0.25, -0.2) is 4.39 Å². The first kappa shape index (κ1) is 15.3. The Morgan fingerprint density at radius 3 is 2.61 bits per heavy atom. The second-order valence-corrected chi connectivity index (χ2v) is 5.82. The smallest absolute Gasteiger partial charge is 0.308 e. The highest BCUT2D eigenvalue weighted by Crippen LogP contribution is 2.34. The van der Waals surface area contributed by atoms with E-state index in [1.165, 1.54) is 17.0 Å². The van der Waals surface area contributed by atoms with Gasteiger partial charge in [-0.05, 0) is 29.8 Å². The summed E-state index contributed by atoms with van der Waals surface area (Å²) in [5.41, 5.74) is 1.12. The van der Waals surface area contributed by atoms with Crippen LogP contribution in [0, 0.1) is 11.7 Å². The summed E-state index contributed by atoms with van der Waals surface area (Å²) in [7, 11) is 1.77. The van der Waals surface area contributed by atoms with Crippen molar-refractivity contribution in [1.29, 1.82) is 0 Å². The lowest BCUT2D eigenvalue weighted by atomic mass is 9.89. The molecule has 1 amide bonds. The van der Waals surface area contributed by atoms with Gasteiger partial charge in [0.15, 0.2) is 0 Å². The number of hydrogen-bond donors (Lipinski definition) is 1. The molecule has 1 aliphatic heterocycles. The van der Waals surface area contributed by atoms with Gasteiger partial charge in [0, 0.05) is 32.3 Å². The van der Waals surface area contributed by atoms with E-state index in [0.29, 0.717) is 11.3 Å². The molecule has 5 nitrogen and oxygen atoms in total. The number of likely N-dealkylation sites (tertiary alicyclic amines) is 1. The van der Waals surface area contributed by atoms with E-state index < -0.39 is 23.6 Å². The first-order chi connectivity index (χ1) is 11.0. The van der Waals surface area contributed by atoms with Crippen LogP contribution in [0.3, 0.4) is 0 Å². The maximum absolute atomic E-state index is 13.4. The summed E-state index contributed by atoms with van der Waals surface area (Å²) >= 11 is 0. The molecule has 1 aliphatic rings. The molecule has 2 atom stereocenters. The number of benzene rings is 1. The fourth-order valence-electron chi connectivity index (χ4n) is 3.14. The van der Waals surface area contributed by atoms with Gasteiger partial charge in [-0.15, -0.1) is 0 Å². The molecule has 1 saturated heterocycles. The average Bonchev–Trinajstić information content (AvgIpc) is 3.13. The minimum absolute atomic E-state index is 0.126. The van der Waals surface area contributed by atoms with E-state index in [9.17, 15) is 19.1 Å². The van der Waals surface area contributed by atoms with Gasteiger partial charge in [-0.2, -0.15) is 0 Å². The van der Waals surface area contributed by atoms with Crippen LogP contribution in [0.25, 0.3) is 0 Å². The molecular weight excluding hydrogens is 299 g/mol. The number of hydrogen-bond acceptors (Lipinski definition) is 2. The van der Waals surface area contributed by atoms with Crippen LogP contribution in [0.4, 0.5) is 4.39 Å². The van der Waals surface area contributed by atoms with Crippen molar-refractivity contribution in [1.82, 2.24) is 9.47 Å². The molecule has 0 unspecified atom stereocenters. The third-order valence-corrected chi connectivity index (χ3v) is 4.36. The Bertz CT molecular complexity index is 756. The molecule has 0 radical (unpaired) electrons. The van der Waals surface area contributed by atoms with Gasteiger partial charge >= 0.3 is 5.97 Å². The molecule has 3 rings (SSSR count). The van der Waals surface area contributed by atoms with Crippen LogP contribution in [-0.4, -0.2) is 39.5 Å². The minimum Gasteiger partial charge on any atom is -0.481 e. The van der Waals surface area contributed by atoms with Crippen molar-refractivity contribution in [2.24, 2.45) is 13.0 Å². The predicted molar refractivity (Wildman–Crippen MR) is 81.6 cm³/mol. The van der Waals surface area contributed by atoms with E-state index in [2.05, 4.69) is 0 Å². The third-order valence-electron chi connectivity index (χ3n) is 4.36. The van der Waals surface area contributed by atoms with Gasteiger partial charge in [0.05, 0.1) is 5.92 Å². The second-order valence-electron chi connectivity index (χ2n) is 5.82. The molecule has 0 saturated carbocycles. The Kier molecular flexibility index (Phi) is 3.90. The van der Waals surface area contributed by atoms with Crippen molar-refractivity contribution in [2.75, 3.05) is 13.1 Å². The first-order valence-electron chi connectivity index (χ1n) is 7.36. The van der Waals surface area contributed by atoms with Gasteiger partial charge in [0.2, 0.25) is 0 Å². The van der Waals surface area contributed by atoms with Gasteiger partial charge in [-0.3, -0.25) is 9.59 Å². The van der Waals surface area contributed by atoms with E-state index in [0.717, 1.165) is 0 Å². The summed E-state index contributed by atoms with van der Waals surface area (Å²) in [6.45, 7) is 0.394. The lowest BCUT2D eigenvalue weighted by Gasteiger charge is -2.17. The summed E-state index contributed by atoms with van der Waals surface area (Å²) in [6.07, 6.45) is 1.77. The Balaban J connectivity index is 1.88. The van der Waals surface area contributed by atoms with Crippen molar-refractivity contribution < 1.29 is 19.1 Å². The number of carboxylic acid groups (broad SMARTS) is 1. The number of aryl methyl sites for hydroxylation is 1. The highest BCUT2D eigenvalue weighted by Gasteiger charge is 2.41. The molecule has 0 spiro atoms. The summed E-state index contributed by atoms with van der Waals surface area (Å²) in [6, 6.07) is 9.40. The number of rotatable bonds is 3. The van der Waals surface area contributed by atoms with Gasteiger partial charge in [0.1, 0.15) is 11.5 Å². The van der Waals surface area contributed by atoms with Crippen molar-refractivity contribution in [3.8, 4) is 0 Å². The molecule has 1 aromatic heterocycles. The number of aliphatic carboxylic acids is 1. The third kappa shape index (κ3) is 2.84. The van der Waals surface area contributed by atoms with Gasteiger partial charge in [-0.1, -0.05) is 12.1 Å². The van der Waals surface area contributed by atoms with E-state index >= 15 is 0 Å². The minimum atomic E-state index is -0.971. The van der Waals surface area contributed by atoms with Crippen LogP contribution in [0.2, 0.25) is 0 Å². The van der Waals surface area contributed by atoms with Crippen molar-refractivity contribution in [3.05, 3.63) is 59.7 Å². The highest BCUT2D eigenvalue weighted by molar-refractivity contribution is 5.93. The molecule has 6 heteroatoms. The number of carbonyl (C=O) groups is 2. The molecule has 23 heavy (non-hydrogen) atoms. The molecule has 1 fully saturated rings. The molecule has 0 bridgehead atoms. The molecule has 120 valence electrons. The lowest BCUT2D eigenvalue weighted by molar-refractivity contribution is -0.141. The molecule has 1 N–H and O–H groups in total. The van der Waals surface area contributed by atoms with E-state index in [1.807, 2.05) is 0 Å². The molecular formula is C17H17FN2O3. The van der Waals surface area contributed by atoms with Gasteiger partial charge < -0.3 is 14.6 Å². The second kappa shape index (κ2) is 5.87. The molecule has 0 aliphatic carbocycles. The largest absolute Gasteiger partial charge is 0.481 e. The summed E-state index contributed by atoms with van der Waals surface area (Å²) in [5.74, 6) is -2.73. The van der Waals surface area contributed by atoms with Crippen molar-refractivity contribution in [2.45, 2.75) is 5.92 Å². The monoisotopic (exact) mass is 316 g/mol. The summed E-state index contributed by atoms with van der Waals surface area (Å²) in [4.78, 5) is 25.7.